The summed E-state index contributed by atoms with van der Waals surface area (Å²) < 4.78 is 6.85. The lowest BCUT2D eigenvalue weighted by Gasteiger charge is -2.31. The van der Waals surface area contributed by atoms with E-state index in [0.29, 0.717) is 18.6 Å². The lowest BCUT2D eigenvalue weighted by atomic mass is 10.1. The van der Waals surface area contributed by atoms with Gasteiger partial charge in [-0.3, -0.25) is 4.90 Å². The molecule has 5 nitrogen and oxygen atoms in total. The van der Waals surface area contributed by atoms with Crippen molar-refractivity contribution in [3.05, 3.63) is 95.1 Å². The summed E-state index contributed by atoms with van der Waals surface area (Å²) >= 11 is 0. The second-order valence-electron chi connectivity index (χ2n) is 9.69. The van der Waals surface area contributed by atoms with Crippen molar-refractivity contribution in [1.82, 2.24) is 10.2 Å². The van der Waals surface area contributed by atoms with Crippen molar-refractivity contribution in [3.8, 4) is 5.75 Å². The van der Waals surface area contributed by atoms with Gasteiger partial charge in [0.1, 0.15) is 11.9 Å². The van der Waals surface area contributed by atoms with E-state index in [2.05, 4.69) is 84.1 Å². The minimum absolute atomic E-state index is 0.0183. The monoisotopic (exact) mass is 468 g/mol. The van der Waals surface area contributed by atoms with E-state index in [1.54, 1.807) is 0 Å². The van der Waals surface area contributed by atoms with Crippen LogP contribution in [-0.4, -0.2) is 43.7 Å². The Morgan fingerprint density at radius 1 is 1.09 bits per heavy atom. The maximum absolute atomic E-state index is 6.85. The van der Waals surface area contributed by atoms with E-state index >= 15 is 0 Å². The Labute approximate surface area is 209 Å². The number of rotatable bonds is 8. The molecule has 1 aliphatic carbocycles. The van der Waals surface area contributed by atoms with Crippen molar-refractivity contribution in [2.75, 3.05) is 37.7 Å². The van der Waals surface area contributed by atoms with Gasteiger partial charge in [-0.05, 0) is 67.3 Å². The Morgan fingerprint density at radius 3 is 2.74 bits per heavy atom. The van der Waals surface area contributed by atoms with Crippen LogP contribution >= 0.6 is 0 Å². The summed E-state index contributed by atoms with van der Waals surface area (Å²) in [4.78, 5) is 2.61. The number of hydrogen-bond donors (Lipinski definition) is 3. The number of hydrogen-bond acceptors (Lipinski definition) is 5. The van der Waals surface area contributed by atoms with E-state index < -0.39 is 0 Å². The van der Waals surface area contributed by atoms with E-state index in [9.17, 15) is 0 Å². The molecule has 3 aromatic carbocycles. The fourth-order valence-electron chi connectivity index (χ4n) is 5.36. The number of nitrogen functional groups attached to an aromatic ring is 1. The van der Waals surface area contributed by atoms with E-state index in [1.165, 1.54) is 23.1 Å². The van der Waals surface area contributed by atoms with Gasteiger partial charge in [0, 0.05) is 31.4 Å². The average Bonchev–Trinajstić information content (AvgIpc) is 3.49. The van der Waals surface area contributed by atoms with Gasteiger partial charge in [-0.1, -0.05) is 60.7 Å². The molecule has 182 valence electrons. The van der Waals surface area contributed by atoms with Gasteiger partial charge in [0.25, 0.3) is 0 Å². The van der Waals surface area contributed by atoms with Crippen LogP contribution in [0.1, 0.15) is 34.8 Å². The van der Waals surface area contributed by atoms with Gasteiger partial charge >= 0.3 is 0 Å². The number of aryl methyl sites for hydroxylation is 1. The smallest absolute Gasteiger partial charge is 0.143 e. The summed E-state index contributed by atoms with van der Waals surface area (Å²) in [5.41, 5.74) is 12.8. The number of fused-ring (bicyclic) bond motifs is 1. The molecule has 0 aromatic heterocycles. The van der Waals surface area contributed by atoms with Crippen molar-refractivity contribution in [3.63, 3.8) is 0 Å². The molecule has 4 N–H and O–H groups in total. The van der Waals surface area contributed by atoms with Crippen LogP contribution in [0.3, 0.4) is 0 Å². The number of likely N-dealkylation sites (N-methyl/N-ethyl adjacent to an activating group) is 1. The number of likely N-dealkylation sites (tertiary alicyclic amines) is 1. The second-order valence-corrected chi connectivity index (χ2v) is 9.69. The highest BCUT2D eigenvalue weighted by molar-refractivity contribution is 5.65. The van der Waals surface area contributed by atoms with Crippen LogP contribution < -0.4 is 21.1 Å². The first-order chi connectivity index (χ1) is 17.1. The van der Waals surface area contributed by atoms with Gasteiger partial charge in [-0.2, -0.15) is 0 Å². The van der Waals surface area contributed by atoms with Crippen LogP contribution in [-0.2, 0) is 6.42 Å². The van der Waals surface area contributed by atoms with Crippen molar-refractivity contribution in [2.24, 2.45) is 0 Å². The first kappa shape index (κ1) is 23.5. The van der Waals surface area contributed by atoms with Crippen LogP contribution in [0.25, 0.3) is 6.08 Å². The van der Waals surface area contributed by atoms with Gasteiger partial charge in [-0.25, -0.2) is 0 Å². The second kappa shape index (κ2) is 10.5. The third-order valence-electron chi connectivity index (χ3n) is 7.33. The highest BCUT2D eigenvalue weighted by Gasteiger charge is 2.40. The van der Waals surface area contributed by atoms with Gasteiger partial charge < -0.3 is 21.1 Å². The average molecular weight is 469 g/mol. The summed E-state index contributed by atoms with van der Waals surface area (Å²) in [5, 5.41) is 7.02. The molecule has 0 spiro atoms. The largest absolute Gasteiger partial charge is 0.482 e. The van der Waals surface area contributed by atoms with Crippen molar-refractivity contribution >= 4 is 17.5 Å². The molecule has 1 saturated heterocycles. The number of ether oxygens (including phenoxy) is 1. The Bertz CT molecular complexity index is 1190. The molecular weight excluding hydrogens is 432 g/mol. The molecule has 3 atom stereocenters. The zero-order valence-electron chi connectivity index (χ0n) is 20.7. The first-order valence-corrected chi connectivity index (χ1v) is 12.6. The standard InChI is InChI=1S/C30H36N4O/c1-21-13-14-29(27(18-21)33-16-7-10-22-8-4-6-12-26(22)31)35-30-25-11-5-3-9-23(25)19-28(30)34-17-15-24(20-34)32-2/h3-14,18,24,28,30,32-33H,15-17,19-20,31H2,1-2H3/b10-7+. The molecular formula is C30H36N4O. The zero-order valence-corrected chi connectivity index (χ0v) is 20.7. The highest BCUT2D eigenvalue weighted by Crippen LogP contribution is 2.41. The van der Waals surface area contributed by atoms with Gasteiger partial charge in [0.2, 0.25) is 0 Å². The molecule has 5 rings (SSSR count). The molecule has 0 amide bonds. The van der Waals surface area contributed by atoms with E-state index in [1.807, 2.05) is 24.3 Å². The third-order valence-corrected chi connectivity index (χ3v) is 7.33. The topological polar surface area (TPSA) is 62.5 Å². The van der Waals surface area contributed by atoms with E-state index in [4.69, 9.17) is 10.5 Å². The number of nitrogens with two attached hydrogens (primary N) is 1. The summed E-state index contributed by atoms with van der Waals surface area (Å²) in [5.74, 6) is 0.902. The normalized spacial score (nSPS) is 21.9. The molecule has 0 bridgehead atoms. The summed E-state index contributed by atoms with van der Waals surface area (Å²) in [6.45, 7) is 4.98. The van der Waals surface area contributed by atoms with Crippen LogP contribution in [0.4, 0.5) is 11.4 Å². The highest BCUT2D eigenvalue weighted by atomic mass is 16.5. The Balaban J connectivity index is 1.35. The molecule has 0 saturated carbocycles. The SMILES string of the molecule is CNC1CCN(C2Cc3ccccc3C2Oc2ccc(C)cc2NC/C=C/c2ccccc2N)C1. The molecule has 3 aromatic rings. The number of anilines is 2. The maximum atomic E-state index is 6.85. The lowest BCUT2D eigenvalue weighted by Crippen LogP contribution is -2.40. The number of nitrogens with one attached hydrogen (secondary N) is 2. The Kier molecular flexibility index (Phi) is 7.07. The predicted octanol–water partition coefficient (Wildman–Crippen LogP) is 5.04. The first-order valence-electron chi connectivity index (χ1n) is 12.6. The van der Waals surface area contributed by atoms with Crippen LogP contribution in [0, 0.1) is 6.92 Å². The third kappa shape index (κ3) is 5.21. The minimum atomic E-state index is 0.0183. The summed E-state index contributed by atoms with van der Waals surface area (Å²) in [6, 6.07) is 24.0. The summed E-state index contributed by atoms with van der Waals surface area (Å²) in [7, 11) is 2.07. The molecule has 1 aliphatic heterocycles. The van der Waals surface area contributed by atoms with E-state index in [-0.39, 0.29) is 6.10 Å². The zero-order chi connectivity index (χ0) is 24.2. The number of para-hydroxylation sites is 1. The van der Waals surface area contributed by atoms with Crippen molar-refractivity contribution < 1.29 is 4.74 Å². The Morgan fingerprint density at radius 2 is 1.91 bits per heavy atom. The summed E-state index contributed by atoms with van der Waals surface area (Å²) in [6.07, 6.45) is 6.41. The molecule has 5 heteroatoms. The fraction of sp³-hybridized carbons (Fsp3) is 0.333. The molecule has 1 heterocycles. The van der Waals surface area contributed by atoms with Gasteiger partial charge in [-0.15, -0.1) is 0 Å². The van der Waals surface area contributed by atoms with E-state index in [0.717, 1.165) is 42.2 Å². The lowest BCUT2D eigenvalue weighted by molar-refractivity contribution is 0.0932. The van der Waals surface area contributed by atoms with Gasteiger partial charge in [0.15, 0.2) is 0 Å². The molecule has 0 radical (unpaired) electrons. The quantitative estimate of drug-likeness (QED) is 0.404. The molecule has 1 fully saturated rings. The fourth-order valence-corrected chi connectivity index (χ4v) is 5.36. The Hall–Kier alpha value is -3.28. The minimum Gasteiger partial charge on any atom is -0.482 e. The van der Waals surface area contributed by atoms with Crippen LogP contribution in [0.2, 0.25) is 0 Å². The van der Waals surface area contributed by atoms with Gasteiger partial charge in [0.05, 0.1) is 11.7 Å². The maximum Gasteiger partial charge on any atom is 0.143 e. The van der Waals surface area contributed by atoms with Crippen LogP contribution in [0.5, 0.6) is 5.75 Å². The van der Waals surface area contributed by atoms with Crippen molar-refractivity contribution in [1.29, 1.82) is 0 Å². The van der Waals surface area contributed by atoms with Crippen molar-refractivity contribution in [2.45, 2.75) is 38.0 Å². The molecule has 3 unspecified atom stereocenters. The number of nitrogens with zero attached hydrogens (tertiary/aromatic N) is 1. The predicted molar refractivity (Wildman–Crippen MR) is 146 cm³/mol. The number of benzene rings is 3. The molecule has 2 aliphatic rings. The molecule has 35 heavy (non-hydrogen) atoms. The van der Waals surface area contributed by atoms with Crippen LogP contribution in [0.15, 0.2) is 72.8 Å².